The van der Waals surface area contributed by atoms with Crippen molar-refractivity contribution in [1.29, 1.82) is 0 Å². The molecule has 0 amide bonds. The van der Waals surface area contributed by atoms with E-state index in [2.05, 4.69) is 9.80 Å². The number of hydrogen-bond donors (Lipinski definition) is 1. The molecule has 0 aromatic rings. The molecule has 0 bridgehead atoms. The van der Waals surface area contributed by atoms with Crippen LogP contribution in [0.3, 0.4) is 0 Å². The normalized spacial score (nSPS) is 27.4. The Labute approximate surface area is 102 Å². The Morgan fingerprint density at radius 2 is 2.06 bits per heavy atom. The Balaban J connectivity index is 1.75. The summed E-state index contributed by atoms with van der Waals surface area (Å²) < 4.78 is 5.34. The minimum atomic E-state index is -0.693. The number of morpholine rings is 1. The smallest absolute Gasteiger partial charge is 0.304 e. The van der Waals surface area contributed by atoms with Crippen LogP contribution < -0.4 is 0 Å². The summed E-state index contributed by atoms with van der Waals surface area (Å²) in [7, 11) is 0. The third kappa shape index (κ3) is 3.94. The Bertz CT molecular complexity index is 254. The number of hydrogen-bond acceptors (Lipinski definition) is 4. The molecule has 98 valence electrons. The van der Waals surface area contributed by atoms with Crippen molar-refractivity contribution in [3.8, 4) is 0 Å². The van der Waals surface area contributed by atoms with Gasteiger partial charge in [-0.2, -0.15) is 0 Å². The van der Waals surface area contributed by atoms with E-state index in [0.29, 0.717) is 12.6 Å². The molecule has 2 aliphatic heterocycles. The average Bonchev–Trinajstić information content (AvgIpc) is 2.75. The Hall–Kier alpha value is -0.650. The summed E-state index contributed by atoms with van der Waals surface area (Å²) in [4.78, 5) is 15.4. The number of aliphatic carboxylic acids is 1. The number of likely N-dealkylation sites (tertiary alicyclic amines) is 1. The molecule has 5 nitrogen and oxygen atoms in total. The fourth-order valence-electron chi connectivity index (χ4n) is 2.72. The molecule has 0 radical (unpaired) electrons. The maximum atomic E-state index is 10.6. The van der Waals surface area contributed by atoms with Crippen molar-refractivity contribution in [3.05, 3.63) is 0 Å². The van der Waals surface area contributed by atoms with Crippen LogP contribution in [0.2, 0.25) is 0 Å². The highest BCUT2D eigenvalue weighted by Crippen LogP contribution is 2.18. The molecule has 1 atom stereocenters. The van der Waals surface area contributed by atoms with E-state index in [0.717, 1.165) is 39.4 Å². The van der Waals surface area contributed by atoms with E-state index in [1.807, 2.05) is 0 Å². The van der Waals surface area contributed by atoms with Crippen molar-refractivity contribution >= 4 is 5.97 Å². The topological polar surface area (TPSA) is 53.0 Å². The molecule has 0 spiro atoms. The van der Waals surface area contributed by atoms with Gasteiger partial charge >= 0.3 is 5.97 Å². The monoisotopic (exact) mass is 242 g/mol. The van der Waals surface area contributed by atoms with Gasteiger partial charge in [-0.1, -0.05) is 0 Å². The zero-order valence-electron chi connectivity index (χ0n) is 10.3. The van der Waals surface area contributed by atoms with E-state index in [1.54, 1.807) is 0 Å². The van der Waals surface area contributed by atoms with Gasteiger partial charge in [-0.15, -0.1) is 0 Å². The summed E-state index contributed by atoms with van der Waals surface area (Å²) in [6, 6.07) is 0.549. The number of nitrogens with zero attached hydrogens (tertiary/aromatic N) is 2. The number of ether oxygens (including phenoxy) is 1. The van der Waals surface area contributed by atoms with E-state index in [9.17, 15) is 4.79 Å². The highest BCUT2D eigenvalue weighted by Gasteiger charge is 2.27. The second-order valence-electron chi connectivity index (χ2n) is 4.89. The van der Waals surface area contributed by atoms with E-state index >= 15 is 0 Å². The second kappa shape index (κ2) is 6.33. The van der Waals surface area contributed by atoms with Crippen LogP contribution in [0.15, 0.2) is 0 Å². The molecule has 2 saturated heterocycles. The van der Waals surface area contributed by atoms with Gasteiger partial charge in [0.2, 0.25) is 0 Å². The van der Waals surface area contributed by atoms with Crippen LogP contribution in [0.5, 0.6) is 0 Å². The maximum absolute atomic E-state index is 10.6. The minimum Gasteiger partial charge on any atom is -0.481 e. The van der Waals surface area contributed by atoms with E-state index in [4.69, 9.17) is 9.84 Å². The van der Waals surface area contributed by atoms with Crippen LogP contribution in [0.4, 0.5) is 0 Å². The van der Waals surface area contributed by atoms with Gasteiger partial charge in [-0.3, -0.25) is 14.6 Å². The highest BCUT2D eigenvalue weighted by atomic mass is 16.5. The first-order valence-electron chi connectivity index (χ1n) is 6.51. The molecule has 2 fully saturated rings. The third-order valence-corrected chi connectivity index (χ3v) is 3.68. The van der Waals surface area contributed by atoms with Gasteiger partial charge in [-0.05, 0) is 19.4 Å². The van der Waals surface area contributed by atoms with Gasteiger partial charge in [0.05, 0.1) is 19.6 Å². The van der Waals surface area contributed by atoms with Crippen LogP contribution in [0.1, 0.15) is 19.3 Å². The van der Waals surface area contributed by atoms with E-state index in [1.165, 1.54) is 12.8 Å². The molecule has 0 saturated carbocycles. The van der Waals surface area contributed by atoms with Crippen LogP contribution in [0.25, 0.3) is 0 Å². The van der Waals surface area contributed by atoms with Gasteiger partial charge in [0.25, 0.3) is 0 Å². The first kappa shape index (κ1) is 12.8. The fourth-order valence-corrected chi connectivity index (χ4v) is 2.72. The minimum absolute atomic E-state index is 0.264. The lowest BCUT2D eigenvalue weighted by molar-refractivity contribution is -0.137. The lowest BCUT2D eigenvalue weighted by atomic mass is 10.2. The number of carboxylic acids is 1. The summed E-state index contributed by atoms with van der Waals surface area (Å²) in [5, 5.41) is 8.73. The first-order valence-corrected chi connectivity index (χ1v) is 6.51. The summed E-state index contributed by atoms with van der Waals surface area (Å²) in [5.74, 6) is -0.693. The van der Waals surface area contributed by atoms with Gasteiger partial charge in [0.1, 0.15) is 0 Å². The van der Waals surface area contributed by atoms with Crippen molar-refractivity contribution in [1.82, 2.24) is 9.80 Å². The van der Waals surface area contributed by atoms with Gasteiger partial charge < -0.3 is 9.84 Å². The number of carbonyl (C=O) groups is 1. The Morgan fingerprint density at radius 1 is 1.29 bits per heavy atom. The quantitative estimate of drug-likeness (QED) is 0.749. The van der Waals surface area contributed by atoms with Crippen molar-refractivity contribution < 1.29 is 14.6 Å². The summed E-state index contributed by atoms with van der Waals surface area (Å²) in [6.45, 7) is 6.53. The largest absolute Gasteiger partial charge is 0.481 e. The summed E-state index contributed by atoms with van der Waals surface area (Å²) in [6.07, 6.45) is 2.67. The van der Waals surface area contributed by atoms with Crippen LogP contribution >= 0.6 is 0 Å². The summed E-state index contributed by atoms with van der Waals surface area (Å²) in [5.41, 5.74) is 0. The van der Waals surface area contributed by atoms with Crippen LogP contribution in [-0.4, -0.2) is 72.9 Å². The average molecular weight is 242 g/mol. The first-order chi connectivity index (χ1) is 8.25. The predicted octanol–water partition coefficient (Wildman–Crippen LogP) is 0.258. The second-order valence-corrected chi connectivity index (χ2v) is 4.89. The van der Waals surface area contributed by atoms with Crippen molar-refractivity contribution in [3.63, 3.8) is 0 Å². The molecule has 2 rings (SSSR count). The maximum Gasteiger partial charge on any atom is 0.304 e. The molecule has 2 aliphatic rings. The fraction of sp³-hybridized carbons (Fsp3) is 0.917. The molecule has 0 aromatic carbocycles. The molecule has 1 N–H and O–H groups in total. The molecular weight excluding hydrogens is 220 g/mol. The molecule has 2 heterocycles. The van der Waals surface area contributed by atoms with Crippen molar-refractivity contribution in [2.75, 3.05) is 45.9 Å². The van der Waals surface area contributed by atoms with Gasteiger partial charge in [0, 0.05) is 32.2 Å². The van der Waals surface area contributed by atoms with Gasteiger partial charge in [-0.25, -0.2) is 0 Å². The van der Waals surface area contributed by atoms with E-state index < -0.39 is 5.97 Å². The van der Waals surface area contributed by atoms with Crippen LogP contribution in [0, 0.1) is 0 Å². The highest BCUT2D eigenvalue weighted by molar-refractivity contribution is 5.66. The molecule has 0 unspecified atom stereocenters. The number of rotatable bonds is 5. The lowest BCUT2D eigenvalue weighted by Gasteiger charge is -2.32. The van der Waals surface area contributed by atoms with Crippen molar-refractivity contribution in [2.24, 2.45) is 0 Å². The molecule has 5 heteroatoms. The van der Waals surface area contributed by atoms with Crippen LogP contribution in [-0.2, 0) is 9.53 Å². The Morgan fingerprint density at radius 3 is 2.76 bits per heavy atom. The molecule has 0 aromatic heterocycles. The lowest BCUT2D eigenvalue weighted by Crippen LogP contribution is -2.45. The molecule has 17 heavy (non-hydrogen) atoms. The van der Waals surface area contributed by atoms with Gasteiger partial charge in [0.15, 0.2) is 0 Å². The molecule has 0 aliphatic carbocycles. The third-order valence-electron chi connectivity index (χ3n) is 3.68. The number of carboxylic acid groups (broad SMARTS) is 1. The van der Waals surface area contributed by atoms with Crippen molar-refractivity contribution in [2.45, 2.75) is 25.3 Å². The SMILES string of the molecule is O=C(O)CCN1CCC[C@H]1CN1CCOCC1. The summed E-state index contributed by atoms with van der Waals surface area (Å²) >= 11 is 0. The zero-order valence-corrected chi connectivity index (χ0v) is 10.3. The standard InChI is InChI=1S/C12H22N2O3/c15-12(16)3-5-14-4-1-2-11(14)10-13-6-8-17-9-7-13/h11H,1-10H2,(H,15,16)/t11-/m0/s1. The zero-order chi connectivity index (χ0) is 12.1. The Kier molecular flexibility index (Phi) is 4.76. The molecular formula is C12H22N2O3. The predicted molar refractivity (Wildman–Crippen MR) is 64.1 cm³/mol. The van der Waals surface area contributed by atoms with E-state index in [-0.39, 0.29) is 6.42 Å².